The highest BCUT2D eigenvalue weighted by Gasteiger charge is 2.74. The minimum atomic E-state index is -1.68. The molecule has 7 rings (SSSR count). The highest BCUT2D eigenvalue weighted by atomic mass is 19.1. The predicted octanol–water partition coefficient (Wildman–Crippen LogP) is 3.72. The molecule has 1 aromatic heterocycles. The van der Waals surface area contributed by atoms with Crippen molar-refractivity contribution in [3.05, 3.63) is 64.1 Å². The van der Waals surface area contributed by atoms with E-state index in [9.17, 15) is 15.0 Å². The molecule has 196 valence electrons. The average molecular weight is 507 g/mol. The first-order valence-corrected chi connectivity index (χ1v) is 13.5. The standard InChI is InChI=1S/C30H35FN2O4/c1-27-8-10-29(31)14-21-25(35)26(36)22(33(2)3)15-28(21)9-11-30(29,37-28)23(27)7-6-20(27)17-4-5-18-16-32-24(34)13-19(18)12-17/h4-6,12-14,16,22-23,25-26,35-36H,7-11,15H2,1-3H3,(H,32,34). The number of aliphatic hydroxyl groups is 2. The number of halogens is 1. The van der Waals surface area contributed by atoms with Gasteiger partial charge in [-0.15, -0.1) is 0 Å². The van der Waals surface area contributed by atoms with Gasteiger partial charge in [0.25, 0.3) is 0 Å². The number of aromatic amines is 1. The van der Waals surface area contributed by atoms with E-state index in [0.29, 0.717) is 37.7 Å². The topological polar surface area (TPSA) is 85.8 Å². The van der Waals surface area contributed by atoms with Crippen molar-refractivity contribution in [2.24, 2.45) is 11.3 Å². The van der Waals surface area contributed by atoms with Crippen molar-refractivity contribution in [3.63, 3.8) is 0 Å². The van der Waals surface area contributed by atoms with Crippen LogP contribution in [0.25, 0.3) is 16.3 Å². The summed E-state index contributed by atoms with van der Waals surface area (Å²) in [4.78, 5) is 16.6. The van der Waals surface area contributed by atoms with Crippen molar-refractivity contribution in [2.75, 3.05) is 14.1 Å². The maximum absolute atomic E-state index is 17.1. The van der Waals surface area contributed by atoms with E-state index in [1.807, 2.05) is 25.1 Å². The van der Waals surface area contributed by atoms with E-state index in [1.54, 1.807) is 18.3 Å². The van der Waals surface area contributed by atoms with Gasteiger partial charge in [-0.2, -0.15) is 0 Å². The van der Waals surface area contributed by atoms with Crippen molar-refractivity contribution in [2.45, 2.75) is 80.6 Å². The molecular weight excluding hydrogens is 471 g/mol. The Labute approximate surface area is 215 Å². The van der Waals surface area contributed by atoms with E-state index in [2.05, 4.69) is 30.1 Å². The van der Waals surface area contributed by atoms with Gasteiger partial charge >= 0.3 is 0 Å². The SMILES string of the molecule is CN(C)C1CC23CCC4(O2)C2CC=C(c5ccc6c[nH]c(=O)cc6c5)C2(C)CCC4(F)C=C3C(O)C1O. The number of ether oxygens (including phenoxy) is 1. The van der Waals surface area contributed by atoms with E-state index in [-0.39, 0.29) is 22.9 Å². The molecule has 6 nitrogen and oxygen atoms in total. The first kappa shape index (κ1) is 23.8. The van der Waals surface area contributed by atoms with Crippen LogP contribution in [0.1, 0.15) is 51.0 Å². The molecule has 2 bridgehead atoms. The molecule has 37 heavy (non-hydrogen) atoms. The number of benzene rings is 1. The largest absolute Gasteiger partial charge is 0.388 e. The summed E-state index contributed by atoms with van der Waals surface area (Å²) in [6.45, 7) is 2.25. The number of H-pyrrole nitrogens is 1. The van der Waals surface area contributed by atoms with Crippen molar-refractivity contribution in [1.29, 1.82) is 0 Å². The van der Waals surface area contributed by atoms with Crippen molar-refractivity contribution >= 4 is 16.3 Å². The Morgan fingerprint density at radius 2 is 1.92 bits per heavy atom. The van der Waals surface area contributed by atoms with Gasteiger partial charge in [-0.05, 0) is 97.7 Å². The van der Waals surface area contributed by atoms with Crippen molar-refractivity contribution in [1.82, 2.24) is 9.88 Å². The van der Waals surface area contributed by atoms with E-state index < -0.39 is 29.1 Å². The Bertz CT molecular complexity index is 1430. The lowest BCUT2D eigenvalue weighted by molar-refractivity contribution is -0.239. The van der Waals surface area contributed by atoms with Gasteiger partial charge in [0.1, 0.15) is 11.7 Å². The van der Waals surface area contributed by atoms with Crippen LogP contribution < -0.4 is 5.56 Å². The van der Waals surface area contributed by atoms with Crippen LogP contribution in [-0.4, -0.2) is 69.3 Å². The lowest BCUT2D eigenvalue weighted by Crippen LogP contribution is -2.68. The van der Waals surface area contributed by atoms with Gasteiger partial charge in [0.15, 0.2) is 5.67 Å². The molecule has 5 aliphatic rings. The van der Waals surface area contributed by atoms with Crippen LogP contribution in [0.5, 0.6) is 0 Å². The Morgan fingerprint density at radius 1 is 1.11 bits per heavy atom. The fourth-order valence-corrected chi connectivity index (χ4v) is 8.76. The number of likely N-dealkylation sites (N-methyl/N-ethyl adjacent to an activating group) is 1. The van der Waals surface area contributed by atoms with Crippen molar-refractivity contribution < 1.29 is 19.3 Å². The number of rotatable bonds is 2. The molecule has 7 heteroatoms. The van der Waals surface area contributed by atoms with E-state index in [0.717, 1.165) is 22.8 Å². The van der Waals surface area contributed by atoms with Crippen LogP contribution in [0.2, 0.25) is 0 Å². The molecule has 3 heterocycles. The zero-order valence-electron chi connectivity index (χ0n) is 21.6. The highest BCUT2D eigenvalue weighted by molar-refractivity contribution is 5.87. The predicted molar refractivity (Wildman–Crippen MR) is 140 cm³/mol. The molecular formula is C30H35FN2O4. The smallest absolute Gasteiger partial charge is 0.248 e. The minimum absolute atomic E-state index is 0.0393. The fraction of sp³-hybridized carbons (Fsp3) is 0.567. The summed E-state index contributed by atoms with van der Waals surface area (Å²) in [5, 5.41) is 23.8. The van der Waals surface area contributed by atoms with Gasteiger partial charge in [-0.1, -0.05) is 25.1 Å². The van der Waals surface area contributed by atoms with Gasteiger partial charge in [0.05, 0.1) is 11.7 Å². The number of allylic oxidation sites excluding steroid dienone is 2. The second-order valence-corrected chi connectivity index (χ2v) is 12.6. The monoisotopic (exact) mass is 506 g/mol. The maximum Gasteiger partial charge on any atom is 0.248 e. The summed E-state index contributed by atoms with van der Waals surface area (Å²) in [6.07, 6.45) is 7.06. The first-order valence-electron chi connectivity index (χ1n) is 13.5. The number of aromatic nitrogens is 1. The molecule has 1 aromatic carbocycles. The summed E-state index contributed by atoms with van der Waals surface area (Å²) in [6, 6.07) is 7.58. The number of aliphatic hydroxyl groups excluding tert-OH is 2. The Balaban J connectivity index is 1.30. The lowest BCUT2D eigenvalue weighted by atomic mass is 9.53. The molecule has 2 saturated carbocycles. The summed E-state index contributed by atoms with van der Waals surface area (Å²) < 4.78 is 24.2. The maximum atomic E-state index is 17.1. The van der Waals surface area contributed by atoms with Crippen LogP contribution in [0.3, 0.4) is 0 Å². The quantitative estimate of drug-likeness (QED) is 0.541. The number of nitrogens with zero attached hydrogens (tertiary/aromatic N) is 1. The zero-order chi connectivity index (χ0) is 26.0. The molecule has 0 radical (unpaired) electrons. The van der Waals surface area contributed by atoms with Gasteiger partial charge in [-0.3, -0.25) is 4.79 Å². The van der Waals surface area contributed by atoms with Crippen LogP contribution in [0.15, 0.2) is 53.0 Å². The van der Waals surface area contributed by atoms with Crippen LogP contribution in [0.4, 0.5) is 4.39 Å². The van der Waals surface area contributed by atoms with Gasteiger partial charge in [0, 0.05) is 24.2 Å². The van der Waals surface area contributed by atoms with Crippen LogP contribution in [0, 0.1) is 11.3 Å². The second-order valence-electron chi connectivity index (χ2n) is 12.6. The number of hydrogen-bond acceptors (Lipinski definition) is 5. The van der Waals surface area contributed by atoms with Crippen LogP contribution in [-0.2, 0) is 4.74 Å². The Kier molecular flexibility index (Phi) is 4.76. The van der Waals surface area contributed by atoms with E-state index >= 15 is 4.39 Å². The third-order valence-corrected chi connectivity index (χ3v) is 10.7. The van der Waals surface area contributed by atoms with Gasteiger partial charge < -0.3 is 24.8 Å². The molecule has 3 aliphatic carbocycles. The molecule has 3 N–H and O–H groups in total. The Morgan fingerprint density at radius 3 is 2.70 bits per heavy atom. The van der Waals surface area contributed by atoms with Gasteiger partial charge in [0.2, 0.25) is 5.56 Å². The number of pyridine rings is 1. The number of hydrogen-bond donors (Lipinski definition) is 3. The summed E-state index contributed by atoms with van der Waals surface area (Å²) in [5.74, 6) is -0.0393. The molecule has 3 fully saturated rings. The molecule has 2 spiro atoms. The number of nitrogens with one attached hydrogen (secondary N) is 1. The summed E-state index contributed by atoms with van der Waals surface area (Å²) in [5.41, 5.74) is -0.952. The highest BCUT2D eigenvalue weighted by Crippen LogP contribution is 2.71. The molecule has 2 aromatic rings. The molecule has 8 unspecified atom stereocenters. The third kappa shape index (κ3) is 2.92. The minimum Gasteiger partial charge on any atom is -0.388 e. The molecule has 2 aliphatic heterocycles. The van der Waals surface area contributed by atoms with Crippen LogP contribution >= 0.6 is 0 Å². The Hall–Kier alpha value is -2.32. The average Bonchev–Trinajstić information content (AvgIpc) is 3.39. The summed E-state index contributed by atoms with van der Waals surface area (Å²) in [7, 11) is 3.81. The molecule has 1 saturated heterocycles. The summed E-state index contributed by atoms with van der Waals surface area (Å²) >= 11 is 0. The fourth-order valence-electron chi connectivity index (χ4n) is 8.76. The third-order valence-electron chi connectivity index (χ3n) is 10.7. The normalized spacial score (nSPS) is 44.3. The molecule has 8 atom stereocenters. The van der Waals surface area contributed by atoms with Gasteiger partial charge in [-0.25, -0.2) is 4.39 Å². The first-order chi connectivity index (χ1) is 17.5. The van der Waals surface area contributed by atoms with E-state index in [1.165, 1.54) is 5.57 Å². The number of fused-ring (bicyclic) bond motifs is 2. The van der Waals surface area contributed by atoms with Crippen molar-refractivity contribution in [3.8, 4) is 0 Å². The zero-order valence-corrected chi connectivity index (χ0v) is 21.6. The lowest BCUT2D eigenvalue weighted by Gasteiger charge is -2.60. The second kappa shape index (κ2) is 7.41. The molecule has 0 amide bonds. The number of alkyl halides is 1. The van der Waals surface area contributed by atoms with E-state index in [4.69, 9.17) is 4.74 Å².